The summed E-state index contributed by atoms with van der Waals surface area (Å²) in [5, 5.41) is 0.415. The van der Waals surface area contributed by atoms with Crippen molar-refractivity contribution in [1.29, 1.82) is 0 Å². The maximum absolute atomic E-state index is 11.5. The van der Waals surface area contributed by atoms with E-state index in [2.05, 4.69) is 15.9 Å². The Bertz CT molecular complexity index is 736. The van der Waals surface area contributed by atoms with Gasteiger partial charge in [0.05, 0.1) is 19.8 Å². The lowest BCUT2D eigenvalue weighted by molar-refractivity contribution is 0.0996. The van der Waals surface area contributed by atoms with Crippen LogP contribution in [0.4, 0.5) is 0 Å². The molecule has 0 aliphatic rings. The van der Waals surface area contributed by atoms with Gasteiger partial charge in [-0.25, -0.2) is 0 Å². The first-order chi connectivity index (χ1) is 11.0. The Morgan fingerprint density at radius 3 is 2.39 bits per heavy atom. The normalized spacial score (nSPS) is 10.3. The second-order valence-corrected chi connectivity index (χ2v) is 5.88. The lowest BCUT2D eigenvalue weighted by atomic mass is 10.2. The molecular formula is C16H15BrClNO4. The minimum Gasteiger partial charge on any atom is -0.493 e. The minimum absolute atomic E-state index is 0.211. The molecule has 7 heteroatoms. The summed E-state index contributed by atoms with van der Waals surface area (Å²) in [6, 6.07) is 8.30. The maximum atomic E-state index is 11.5. The summed E-state index contributed by atoms with van der Waals surface area (Å²) in [6.45, 7) is 0.211. The van der Waals surface area contributed by atoms with E-state index >= 15 is 0 Å². The zero-order valence-corrected chi connectivity index (χ0v) is 14.9. The first-order valence-corrected chi connectivity index (χ1v) is 7.76. The fourth-order valence-corrected chi connectivity index (χ4v) is 2.59. The highest BCUT2D eigenvalue weighted by molar-refractivity contribution is 9.10. The van der Waals surface area contributed by atoms with Gasteiger partial charge in [0.1, 0.15) is 12.4 Å². The first kappa shape index (κ1) is 17.4. The largest absolute Gasteiger partial charge is 0.493 e. The summed E-state index contributed by atoms with van der Waals surface area (Å²) in [4.78, 5) is 11.5. The van der Waals surface area contributed by atoms with E-state index in [0.717, 1.165) is 10.0 Å². The minimum atomic E-state index is -0.603. The SMILES string of the molecule is COc1cc(Br)c(COc2ccc(Cl)cc2C(N)=O)cc1OC. The van der Waals surface area contributed by atoms with E-state index in [9.17, 15) is 4.79 Å². The van der Waals surface area contributed by atoms with Gasteiger partial charge in [-0.3, -0.25) is 4.79 Å². The highest BCUT2D eigenvalue weighted by Gasteiger charge is 2.13. The number of nitrogens with two attached hydrogens (primary N) is 1. The molecule has 23 heavy (non-hydrogen) atoms. The highest BCUT2D eigenvalue weighted by Crippen LogP contribution is 2.34. The fourth-order valence-electron chi connectivity index (χ4n) is 1.98. The van der Waals surface area contributed by atoms with Gasteiger partial charge in [-0.2, -0.15) is 0 Å². The molecule has 0 unspecified atom stereocenters. The molecule has 0 aromatic heterocycles. The number of methoxy groups -OCH3 is 2. The Morgan fingerprint density at radius 1 is 1.13 bits per heavy atom. The van der Waals surface area contributed by atoms with E-state index in [0.29, 0.717) is 22.3 Å². The molecule has 122 valence electrons. The molecule has 0 saturated heterocycles. The molecule has 2 aromatic carbocycles. The van der Waals surface area contributed by atoms with Crippen LogP contribution < -0.4 is 19.9 Å². The number of amides is 1. The van der Waals surface area contributed by atoms with Crippen molar-refractivity contribution in [3.8, 4) is 17.2 Å². The molecule has 5 nitrogen and oxygen atoms in total. The van der Waals surface area contributed by atoms with Crippen LogP contribution in [-0.4, -0.2) is 20.1 Å². The summed E-state index contributed by atoms with van der Waals surface area (Å²) in [5.41, 5.74) is 6.40. The van der Waals surface area contributed by atoms with Gasteiger partial charge >= 0.3 is 0 Å². The Balaban J connectivity index is 2.26. The molecule has 2 rings (SSSR count). The third-order valence-corrected chi connectivity index (χ3v) is 4.12. The van der Waals surface area contributed by atoms with Crippen molar-refractivity contribution >= 4 is 33.4 Å². The van der Waals surface area contributed by atoms with Crippen LogP contribution in [-0.2, 0) is 6.61 Å². The van der Waals surface area contributed by atoms with Gasteiger partial charge in [0.25, 0.3) is 5.91 Å². The van der Waals surface area contributed by atoms with Crippen LogP contribution in [0.15, 0.2) is 34.8 Å². The van der Waals surface area contributed by atoms with Gasteiger partial charge in [0, 0.05) is 15.1 Å². The quantitative estimate of drug-likeness (QED) is 0.801. The highest BCUT2D eigenvalue weighted by atomic mass is 79.9. The van der Waals surface area contributed by atoms with Crippen LogP contribution in [0.3, 0.4) is 0 Å². The molecule has 0 saturated carbocycles. The number of primary amides is 1. The number of carbonyl (C=O) groups is 1. The van der Waals surface area contributed by atoms with Crippen molar-refractivity contribution < 1.29 is 19.0 Å². The second kappa shape index (κ2) is 7.57. The van der Waals surface area contributed by atoms with E-state index in [1.165, 1.54) is 6.07 Å². The summed E-state index contributed by atoms with van der Waals surface area (Å²) >= 11 is 9.33. The smallest absolute Gasteiger partial charge is 0.252 e. The van der Waals surface area contributed by atoms with E-state index in [4.69, 9.17) is 31.5 Å². The molecule has 2 aromatic rings. The van der Waals surface area contributed by atoms with Gasteiger partial charge in [0.15, 0.2) is 11.5 Å². The second-order valence-electron chi connectivity index (χ2n) is 4.59. The predicted octanol–water partition coefficient (Wildman–Crippen LogP) is 3.80. The van der Waals surface area contributed by atoms with Crippen molar-refractivity contribution in [3.05, 3.63) is 51.0 Å². The summed E-state index contributed by atoms with van der Waals surface area (Å²) in [6.07, 6.45) is 0. The van der Waals surface area contributed by atoms with Crippen LogP contribution >= 0.6 is 27.5 Å². The molecule has 2 N–H and O–H groups in total. The van der Waals surface area contributed by atoms with Gasteiger partial charge in [-0.05, 0) is 30.3 Å². The molecule has 0 aliphatic carbocycles. The average Bonchev–Trinajstić information content (AvgIpc) is 2.54. The molecule has 0 atom stereocenters. The number of rotatable bonds is 6. The Kier molecular flexibility index (Phi) is 5.74. The topological polar surface area (TPSA) is 70.8 Å². The van der Waals surface area contributed by atoms with E-state index in [1.54, 1.807) is 38.5 Å². The number of hydrogen-bond donors (Lipinski definition) is 1. The van der Waals surface area contributed by atoms with Crippen LogP contribution in [0.1, 0.15) is 15.9 Å². The van der Waals surface area contributed by atoms with Gasteiger partial charge in [0.2, 0.25) is 0 Å². The molecular weight excluding hydrogens is 386 g/mol. The number of carbonyl (C=O) groups excluding carboxylic acids is 1. The maximum Gasteiger partial charge on any atom is 0.252 e. The van der Waals surface area contributed by atoms with Crippen molar-refractivity contribution in [1.82, 2.24) is 0 Å². The third kappa shape index (κ3) is 4.09. The van der Waals surface area contributed by atoms with E-state index in [1.807, 2.05) is 0 Å². The summed E-state index contributed by atoms with van der Waals surface area (Å²) < 4.78 is 17.0. The summed E-state index contributed by atoms with van der Waals surface area (Å²) in [5.74, 6) is 0.949. The number of ether oxygens (including phenoxy) is 3. The molecule has 0 heterocycles. The third-order valence-electron chi connectivity index (χ3n) is 3.14. The Hall–Kier alpha value is -1.92. The van der Waals surface area contributed by atoms with Gasteiger partial charge in [-0.1, -0.05) is 27.5 Å². The van der Waals surface area contributed by atoms with E-state index in [-0.39, 0.29) is 12.2 Å². The van der Waals surface area contributed by atoms with Crippen molar-refractivity contribution in [2.24, 2.45) is 5.73 Å². The molecule has 0 spiro atoms. The zero-order chi connectivity index (χ0) is 17.0. The van der Waals surface area contributed by atoms with Gasteiger partial charge in [-0.15, -0.1) is 0 Å². The predicted molar refractivity (Wildman–Crippen MR) is 91.5 cm³/mol. The lowest BCUT2D eigenvalue weighted by Crippen LogP contribution is -2.13. The van der Waals surface area contributed by atoms with Crippen LogP contribution in [0.5, 0.6) is 17.2 Å². The summed E-state index contributed by atoms with van der Waals surface area (Å²) in [7, 11) is 3.12. The van der Waals surface area contributed by atoms with E-state index < -0.39 is 5.91 Å². The van der Waals surface area contributed by atoms with Gasteiger partial charge < -0.3 is 19.9 Å². The number of hydrogen-bond acceptors (Lipinski definition) is 4. The Morgan fingerprint density at radius 2 is 1.78 bits per heavy atom. The molecule has 1 amide bonds. The van der Waals surface area contributed by atoms with Crippen molar-refractivity contribution in [2.45, 2.75) is 6.61 Å². The van der Waals surface area contributed by atoms with Crippen LogP contribution in [0, 0.1) is 0 Å². The van der Waals surface area contributed by atoms with Crippen LogP contribution in [0.2, 0.25) is 5.02 Å². The van der Waals surface area contributed by atoms with Crippen molar-refractivity contribution in [3.63, 3.8) is 0 Å². The molecule has 0 aliphatic heterocycles. The monoisotopic (exact) mass is 399 g/mol. The Labute approximate surface area is 147 Å². The fraction of sp³-hybridized carbons (Fsp3) is 0.188. The zero-order valence-electron chi connectivity index (χ0n) is 12.6. The first-order valence-electron chi connectivity index (χ1n) is 6.58. The molecule has 0 radical (unpaired) electrons. The molecule has 0 fully saturated rings. The number of benzene rings is 2. The van der Waals surface area contributed by atoms with Crippen LogP contribution in [0.25, 0.3) is 0 Å². The molecule has 0 bridgehead atoms. The number of halogens is 2. The van der Waals surface area contributed by atoms with Crippen molar-refractivity contribution in [2.75, 3.05) is 14.2 Å². The lowest BCUT2D eigenvalue weighted by Gasteiger charge is -2.14. The standard InChI is InChI=1S/C16H15BrClNO4/c1-21-14-5-9(12(17)7-15(14)22-2)8-23-13-4-3-10(18)6-11(13)16(19)20/h3-7H,8H2,1-2H3,(H2,19,20). The average molecular weight is 401 g/mol.